The first-order valence-corrected chi connectivity index (χ1v) is 8.84. The number of benzene rings is 1. The number of aliphatic hydroxyl groups is 1. The summed E-state index contributed by atoms with van der Waals surface area (Å²) in [6.07, 6.45) is 3.95. The molecule has 1 aliphatic rings. The van der Waals surface area contributed by atoms with E-state index in [-0.39, 0.29) is 12.1 Å². The Morgan fingerprint density at radius 3 is 3.00 bits per heavy atom. The minimum absolute atomic E-state index is 0.249. The van der Waals surface area contributed by atoms with E-state index < -0.39 is 0 Å². The second-order valence-corrected chi connectivity index (χ2v) is 7.12. The number of nitrogens with zero attached hydrogens (tertiary/aromatic N) is 4. The van der Waals surface area contributed by atoms with Crippen LogP contribution in [0.2, 0.25) is 0 Å². The summed E-state index contributed by atoms with van der Waals surface area (Å²) in [7, 11) is 4.10. The Kier molecular flexibility index (Phi) is 4.48. The number of anilines is 3. The zero-order valence-corrected chi connectivity index (χ0v) is 15.1. The van der Waals surface area contributed by atoms with E-state index in [1.807, 2.05) is 44.6 Å². The zero-order valence-electron chi connectivity index (χ0n) is 15.1. The van der Waals surface area contributed by atoms with Gasteiger partial charge in [-0.05, 0) is 44.8 Å². The van der Waals surface area contributed by atoms with Crippen LogP contribution in [0.5, 0.6) is 0 Å². The molecule has 4 rings (SSSR count). The molecule has 1 fully saturated rings. The highest BCUT2D eigenvalue weighted by molar-refractivity contribution is 5.83. The normalized spacial score (nSPS) is 20.2. The third-order valence-electron chi connectivity index (χ3n) is 4.74. The predicted octanol–water partition coefficient (Wildman–Crippen LogP) is 2.20. The quantitative estimate of drug-likeness (QED) is 0.653. The van der Waals surface area contributed by atoms with Gasteiger partial charge in [-0.25, -0.2) is 9.97 Å². The van der Waals surface area contributed by atoms with E-state index in [0.717, 1.165) is 41.2 Å². The summed E-state index contributed by atoms with van der Waals surface area (Å²) in [6.45, 7) is 1.48. The summed E-state index contributed by atoms with van der Waals surface area (Å²) in [5, 5.41) is 14.6. The number of rotatable bonds is 5. The lowest BCUT2D eigenvalue weighted by Gasteiger charge is -2.27. The third kappa shape index (κ3) is 3.49. The lowest BCUT2D eigenvalue weighted by atomic mass is 10.2. The fourth-order valence-corrected chi connectivity index (χ4v) is 3.62. The van der Waals surface area contributed by atoms with Crippen LogP contribution >= 0.6 is 0 Å². The van der Waals surface area contributed by atoms with Gasteiger partial charge in [0.05, 0.1) is 6.10 Å². The smallest absolute Gasteiger partial charge is 0.135 e. The van der Waals surface area contributed by atoms with Gasteiger partial charge >= 0.3 is 0 Å². The first-order chi connectivity index (χ1) is 12.6. The molecule has 2 atom stereocenters. The van der Waals surface area contributed by atoms with E-state index >= 15 is 0 Å². The van der Waals surface area contributed by atoms with Crippen LogP contribution in [0.1, 0.15) is 6.42 Å². The van der Waals surface area contributed by atoms with Gasteiger partial charge in [-0.2, -0.15) is 0 Å². The fraction of sp³-hybridized carbons (Fsp3) is 0.368. The van der Waals surface area contributed by atoms with Gasteiger partial charge < -0.3 is 25.2 Å². The summed E-state index contributed by atoms with van der Waals surface area (Å²) < 4.78 is 0. The molecule has 0 bridgehead atoms. The van der Waals surface area contributed by atoms with E-state index in [1.165, 1.54) is 0 Å². The van der Waals surface area contributed by atoms with Crippen LogP contribution in [-0.2, 0) is 0 Å². The van der Waals surface area contributed by atoms with Crippen LogP contribution in [0, 0.1) is 0 Å². The molecular weight excluding hydrogens is 328 g/mol. The van der Waals surface area contributed by atoms with E-state index in [4.69, 9.17) is 0 Å². The molecule has 0 unspecified atom stereocenters. The number of H-pyrrole nitrogens is 1. The maximum Gasteiger partial charge on any atom is 0.135 e. The van der Waals surface area contributed by atoms with Gasteiger partial charge in [0.2, 0.25) is 0 Å². The molecule has 0 saturated carbocycles. The number of aliphatic hydroxyl groups excluding tert-OH is 1. The van der Waals surface area contributed by atoms with Crippen molar-refractivity contribution in [2.45, 2.75) is 18.6 Å². The average molecular weight is 352 g/mol. The standard InChI is InChI=1S/C19H24N6O/c1-24(2)10-15-8-16(26)11-25(15)19-9-18(21-12-22-19)23-14-3-4-17-13(7-14)5-6-20-17/h3-7,9,12,15-16,20,26H,8,10-11H2,1-2H3,(H,21,22,23)/t15-,16-/m1/s1. The van der Waals surface area contributed by atoms with Crippen molar-refractivity contribution >= 4 is 28.2 Å². The number of β-amino-alcohol motifs (C(OH)–C–C–N with tert-alkyl or cyclic N) is 1. The highest BCUT2D eigenvalue weighted by Gasteiger charge is 2.32. The molecule has 0 radical (unpaired) electrons. The van der Waals surface area contributed by atoms with Crippen molar-refractivity contribution in [3.05, 3.63) is 42.9 Å². The van der Waals surface area contributed by atoms with Crippen LogP contribution in [0.3, 0.4) is 0 Å². The first kappa shape index (κ1) is 16.8. The van der Waals surface area contributed by atoms with E-state index in [0.29, 0.717) is 6.54 Å². The molecule has 136 valence electrons. The average Bonchev–Trinajstić information content (AvgIpc) is 3.20. The van der Waals surface area contributed by atoms with Crippen molar-refractivity contribution < 1.29 is 5.11 Å². The van der Waals surface area contributed by atoms with Crippen molar-refractivity contribution in [2.24, 2.45) is 0 Å². The van der Waals surface area contributed by atoms with Crippen LogP contribution in [0.15, 0.2) is 42.9 Å². The van der Waals surface area contributed by atoms with Gasteiger partial charge in [0.1, 0.15) is 18.0 Å². The van der Waals surface area contributed by atoms with Gasteiger partial charge in [0, 0.05) is 48.0 Å². The molecule has 1 aromatic carbocycles. The third-order valence-corrected chi connectivity index (χ3v) is 4.74. The Bertz CT molecular complexity index is 892. The lowest BCUT2D eigenvalue weighted by Crippen LogP contribution is -2.38. The van der Waals surface area contributed by atoms with Crippen molar-refractivity contribution in [1.29, 1.82) is 0 Å². The summed E-state index contributed by atoms with van der Waals surface area (Å²) >= 11 is 0. The summed E-state index contributed by atoms with van der Waals surface area (Å²) in [5.74, 6) is 1.59. The second-order valence-electron chi connectivity index (χ2n) is 7.12. The van der Waals surface area contributed by atoms with Gasteiger partial charge in [-0.15, -0.1) is 0 Å². The van der Waals surface area contributed by atoms with E-state index in [9.17, 15) is 5.11 Å². The van der Waals surface area contributed by atoms with E-state index in [2.05, 4.69) is 36.1 Å². The number of hydrogen-bond donors (Lipinski definition) is 3. The monoisotopic (exact) mass is 352 g/mol. The molecule has 26 heavy (non-hydrogen) atoms. The second kappa shape index (κ2) is 6.93. The molecule has 0 spiro atoms. The predicted molar refractivity (Wildman–Crippen MR) is 104 cm³/mol. The Morgan fingerprint density at radius 1 is 1.27 bits per heavy atom. The minimum atomic E-state index is -0.317. The highest BCUT2D eigenvalue weighted by atomic mass is 16.3. The lowest BCUT2D eigenvalue weighted by molar-refractivity contribution is 0.191. The van der Waals surface area contributed by atoms with Gasteiger partial charge in [-0.1, -0.05) is 0 Å². The Morgan fingerprint density at radius 2 is 2.15 bits per heavy atom. The van der Waals surface area contributed by atoms with Crippen molar-refractivity contribution in [3.63, 3.8) is 0 Å². The first-order valence-electron chi connectivity index (χ1n) is 8.84. The van der Waals surface area contributed by atoms with Crippen LogP contribution in [-0.4, -0.2) is 64.3 Å². The largest absolute Gasteiger partial charge is 0.391 e. The molecule has 7 nitrogen and oxygen atoms in total. The van der Waals surface area contributed by atoms with Gasteiger partial charge in [0.15, 0.2) is 0 Å². The minimum Gasteiger partial charge on any atom is -0.391 e. The number of likely N-dealkylation sites (N-methyl/N-ethyl adjacent to an activating group) is 1. The number of fused-ring (bicyclic) bond motifs is 1. The number of nitrogens with one attached hydrogen (secondary N) is 2. The van der Waals surface area contributed by atoms with E-state index in [1.54, 1.807) is 6.33 Å². The molecule has 2 aromatic heterocycles. The van der Waals surface area contributed by atoms with Gasteiger partial charge in [0.25, 0.3) is 0 Å². The molecule has 3 aromatic rings. The summed E-state index contributed by atoms with van der Waals surface area (Å²) in [6, 6.07) is 10.4. The molecule has 1 aliphatic heterocycles. The zero-order chi connectivity index (χ0) is 18.1. The molecule has 7 heteroatoms. The van der Waals surface area contributed by atoms with Crippen LogP contribution in [0.4, 0.5) is 17.3 Å². The highest BCUT2D eigenvalue weighted by Crippen LogP contribution is 2.27. The molecular formula is C19H24N6O. The van der Waals surface area contributed by atoms with Crippen molar-refractivity contribution in [1.82, 2.24) is 19.9 Å². The maximum absolute atomic E-state index is 10.1. The summed E-state index contributed by atoms with van der Waals surface area (Å²) in [4.78, 5) is 16.3. The Labute approximate surface area is 152 Å². The molecule has 1 saturated heterocycles. The fourth-order valence-electron chi connectivity index (χ4n) is 3.62. The molecule has 0 amide bonds. The number of hydrogen-bond acceptors (Lipinski definition) is 6. The topological polar surface area (TPSA) is 80.3 Å². The van der Waals surface area contributed by atoms with Gasteiger partial charge in [-0.3, -0.25) is 0 Å². The molecule has 3 N–H and O–H groups in total. The van der Waals surface area contributed by atoms with Crippen molar-refractivity contribution in [2.75, 3.05) is 37.4 Å². The molecule has 0 aliphatic carbocycles. The maximum atomic E-state index is 10.1. The SMILES string of the molecule is CN(C)C[C@H]1C[C@@H](O)CN1c1cc(Nc2ccc3[nH]ccc3c2)ncn1. The Balaban J connectivity index is 1.55. The summed E-state index contributed by atoms with van der Waals surface area (Å²) in [5.41, 5.74) is 2.09. The van der Waals surface area contributed by atoms with Crippen molar-refractivity contribution in [3.8, 4) is 0 Å². The molecule has 3 heterocycles. The number of aromatic amines is 1. The van der Waals surface area contributed by atoms with Crippen LogP contribution < -0.4 is 10.2 Å². The number of aromatic nitrogens is 3. The Hall–Kier alpha value is -2.64. The van der Waals surface area contributed by atoms with Crippen LogP contribution in [0.25, 0.3) is 10.9 Å².